The highest BCUT2D eigenvalue weighted by molar-refractivity contribution is 7.13. The molecule has 0 aliphatic heterocycles. The zero-order valence-corrected chi connectivity index (χ0v) is 16.8. The van der Waals surface area contributed by atoms with Gasteiger partial charge in [-0.25, -0.2) is 9.97 Å². The number of anilines is 1. The Hall–Kier alpha value is -2.99. The normalized spacial score (nSPS) is 11.1. The Morgan fingerprint density at radius 2 is 2.00 bits per heavy atom. The first kappa shape index (κ1) is 18.4. The topological polar surface area (TPSA) is 59.8 Å². The van der Waals surface area contributed by atoms with E-state index in [9.17, 15) is 4.79 Å². The predicted molar refractivity (Wildman–Crippen MR) is 115 cm³/mol. The second kappa shape index (κ2) is 7.94. The number of aryl methyl sites for hydroxylation is 2. The fourth-order valence-electron chi connectivity index (χ4n) is 3.25. The maximum Gasteiger partial charge on any atom is 0.232 e. The van der Waals surface area contributed by atoms with Crippen LogP contribution in [0.2, 0.25) is 0 Å². The molecule has 2 aromatic carbocycles. The number of para-hydroxylation sites is 2. The molecule has 1 amide bonds. The Morgan fingerprint density at radius 3 is 2.82 bits per heavy atom. The van der Waals surface area contributed by atoms with Crippen molar-refractivity contribution in [2.24, 2.45) is 0 Å². The van der Waals surface area contributed by atoms with Gasteiger partial charge >= 0.3 is 0 Å². The summed E-state index contributed by atoms with van der Waals surface area (Å²) in [5, 5.41) is 5.85. The van der Waals surface area contributed by atoms with E-state index in [1.165, 1.54) is 5.56 Å². The van der Waals surface area contributed by atoms with E-state index in [-0.39, 0.29) is 12.3 Å². The van der Waals surface area contributed by atoms with E-state index in [0.29, 0.717) is 5.95 Å². The van der Waals surface area contributed by atoms with Gasteiger partial charge in [0, 0.05) is 17.5 Å². The van der Waals surface area contributed by atoms with Crippen LogP contribution in [0, 0.1) is 6.92 Å². The van der Waals surface area contributed by atoms with Gasteiger partial charge in [0.05, 0.1) is 23.1 Å². The lowest BCUT2D eigenvalue weighted by Crippen LogP contribution is -2.18. The maximum atomic E-state index is 12.6. The van der Waals surface area contributed by atoms with Crippen LogP contribution in [0.15, 0.2) is 53.9 Å². The third-order valence-corrected chi connectivity index (χ3v) is 5.45. The lowest BCUT2D eigenvalue weighted by molar-refractivity contribution is -0.115. The van der Waals surface area contributed by atoms with Crippen LogP contribution in [0.4, 0.5) is 5.95 Å². The van der Waals surface area contributed by atoms with Gasteiger partial charge in [0.2, 0.25) is 11.9 Å². The molecule has 0 fully saturated rings. The summed E-state index contributed by atoms with van der Waals surface area (Å²) in [6.07, 6.45) is 1.20. The van der Waals surface area contributed by atoms with Crippen LogP contribution in [0.5, 0.6) is 0 Å². The molecular formula is C22H22N4OS. The Morgan fingerprint density at radius 1 is 1.14 bits per heavy atom. The highest BCUT2D eigenvalue weighted by Crippen LogP contribution is 2.25. The van der Waals surface area contributed by atoms with Gasteiger partial charge in [-0.15, -0.1) is 11.3 Å². The summed E-state index contributed by atoms with van der Waals surface area (Å²) in [5.74, 6) is 0.496. The van der Waals surface area contributed by atoms with Crippen molar-refractivity contribution in [2.75, 3.05) is 5.32 Å². The van der Waals surface area contributed by atoms with Crippen LogP contribution in [-0.4, -0.2) is 20.4 Å². The smallest absolute Gasteiger partial charge is 0.232 e. The fourth-order valence-corrected chi connectivity index (χ4v) is 4.07. The zero-order chi connectivity index (χ0) is 19.5. The van der Waals surface area contributed by atoms with Crippen LogP contribution >= 0.6 is 11.3 Å². The molecule has 0 radical (unpaired) electrons. The minimum atomic E-state index is -0.103. The number of carbonyl (C=O) groups is 1. The monoisotopic (exact) mass is 390 g/mol. The SMILES string of the molecule is CCCn1c(NC(=O)Cc2csc(-c3cccc(C)c3)n2)nc2ccccc21. The third-order valence-electron chi connectivity index (χ3n) is 4.51. The molecule has 142 valence electrons. The number of nitrogens with one attached hydrogen (secondary N) is 1. The molecule has 0 saturated carbocycles. The minimum Gasteiger partial charge on any atom is -0.310 e. The molecular weight excluding hydrogens is 368 g/mol. The lowest BCUT2D eigenvalue weighted by Gasteiger charge is -2.08. The van der Waals surface area contributed by atoms with Gasteiger partial charge in [-0.05, 0) is 31.5 Å². The number of thiazole rings is 1. The van der Waals surface area contributed by atoms with Crippen LogP contribution in [0.3, 0.4) is 0 Å². The average Bonchev–Trinajstić information content (AvgIpc) is 3.27. The molecule has 5 nitrogen and oxygen atoms in total. The summed E-state index contributed by atoms with van der Waals surface area (Å²) < 4.78 is 2.06. The first-order valence-corrected chi connectivity index (χ1v) is 10.3. The van der Waals surface area contributed by atoms with E-state index in [0.717, 1.165) is 40.3 Å². The Balaban J connectivity index is 1.51. The summed E-state index contributed by atoms with van der Waals surface area (Å²) in [4.78, 5) is 21.8. The number of benzene rings is 2. The van der Waals surface area contributed by atoms with Crippen LogP contribution in [0.25, 0.3) is 21.6 Å². The van der Waals surface area contributed by atoms with Crippen LogP contribution < -0.4 is 5.32 Å². The van der Waals surface area contributed by atoms with Gasteiger partial charge in [-0.1, -0.05) is 42.8 Å². The fraction of sp³-hybridized carbons (Fsp3) is 0.227. The number of imidazole rings is 1. The maximum absolute atomic E-state index is 12.6. The van der Waals surface area contributed by atoms with Crippen molar-refractivity contribution in [3.05, 3.63) is 65.2 Å². The summed E-state index contributed by atoms with van der Waals surface area (Å²) in [6.45, 7) is 4.99. The quantitative estimate of drug-likeness (QED) is 0.501. The average molecular weight is 391 g/mol. The van der Waals surface area contributed by atoms with Crippen molar-refractivity contribution in [1.29, 1.82) is 0 Å². The molecule has 0 aliphatic rings. The third kappa shape index (κ3) is 3.82. The van der Waals surface area contributed by atoms with Crippen molar-refractivity contribution >= 4 is 34.2 Å². The van der Waals surface area contributed by atoms with Gasteiger partial charge in [0.25, 0.3) is 0 Å². The lowest BCUT2D eigenvalue weighted by atomic mass is 10.1. The molecule has 2 aromatic heterocycles. The first-order chi connectivity index (χ1) is 13.6. The molecule has 0 aliphatic carbocycles. The predicted octanol–water partition coefficient (Wildman–Crippen LogP) is 5.06. The number of fused-ring (bicyclic) bond motifs is 1. The van der Waals surface area contributed by atoms with Gasteiger partial charge < -0.3 is 4.57 Å². The Kier molecular flexibility index (Phi) is 5.21. The highest BCUT2D eigenvalue weighted by Gasteiger charge is 2.14. The van der Waals surface area contributed by atoms with E-state index in [4.69, 9.17) is 0 Å². The first-order valence-electron chi connectivity index (χ1n) is 9.40. The number of hydrogen-bond acceptors (Lipinski definition) is 4. The molecule has 0 unspecified atom stereocenters. The second-order valence-electron chi connectivity index (χ2n) is 6.81. The largest absolute Gasteiger partial charge is 0.310 e. The summed E-state index contributed by atoms with van der Waals surface area (Å²) in [7, 11) is 0. The summed E-state index contributed by atoms with van der Waals surface area (Å²) >= 11 is 1.56. The highest BCUT2D eigenvalue weighted by atomic mass is 32.1. The number of rotatable bonds is 6. The Labute approximate surface area is 168 Å². The number of nitrogens with zero attached hydrogens (tertiary/aromatic N) is 3. The number of aromatic nitrogens is 3. The van der Waals surface area contributed by atoms with E-state index >= 15 is 0 Å². The van der Waals surface area contributed by atoms with Gasteiger partial charge in [-0.3, -0.25) is 10.1 Å². The molecule has 4 rings (SSSR count). The van der Waals surface area contributed by atoms with E-state index in [2.05, 4.69) is 45.8 Å². The molecule has 0 saturated heterocycles. The number of hydrogen-bond donors (Lipinski definition) is 1. The van der Waals surface area contributed by atoms with Gasteiger partial charge in [-0.2, -0.15) is 0 Å². The number of amides is 1. The van der Waals surface area contributed by atoms with Crippen molar-refractivity contribution in [1.82, 2.24) is 14.5 Å². The van der Waals surface area contributed by atoms with Crippen molar-refractivity contribution < 1.29 is 4.79 Å². The van der Waals surface area contributed by atoms with Crippen molar-refractivity contribution in [2.45, 2.75) is 33.2 Å². The van der Waals surface area contributed by atoms with Crippen molar-refractivity contribution in [3.63, 3.8) is 0 Å². The molecule has 28 heavy (non-hydrogen) atoms. The summed E-state index contributed by atoms with van der Waals surface area (Å²) in [6, 6.07) is 16.2. The van der Waals surface area contributed by atoms with E-state index in [1.54, 1.807) is 11.3 Å². The summed E-state index contributed by atoms with van der Waals surface area (Å²) in [5.41, 5.74) is 4.98. The molecule has 6 heteroatoms. The zero-order valence-electron chi connectivity index (χ0n) is 16.0. The Bertz CT molecular complexity index is 1130. The molecule has 0 bridgehead atoms. The van der Waals surface area contributed by atoms with E-state index in [1.807, 2.05) is 41.8 Å². The molecule has 0 atom stereocenters. The standard InChI is InChI=1S/C22H22N4OS/c1-3-11-26-19-10-5-4-9-18(19)24-22(26)25-20(27)13-17-14-28-21(23-17)16-8-6-7-15(2)12-16/h4-10,12,14H,3,11,13H2,1-2H3,(H,24,25,27). The number of carbonyl (C=O) groups excluding carboxylic acids is 1. The van der Waals surface area contributed by atoms with E-state index < -0.39 is 0 Å². The molecule has 2 heterocycles. The molecule has 0 spiro atoms. The second-order valence-corrected chi connectivity index (χ2v) is 7.67. The van der Waals surface area contributed by atoms with Gasteiger partial charge in [0.1, 0.15) is 5.01 Å². The van der Waals surface area contributed by atoms with Crippen LogP contribution in [-0.2, 0) is 17.8 Å². The minimum absolute atomic E-state index is 0.103. The van der Waals surface area contributed by atoms with Gasteiger partial charge in [0.15, 0.2) is 0 Å². The van der Waals surface area contributed by atoms with Crippen molar-refractivity contribution in [3.8, 4) is 10.6 Å². The van der Waals surface area contributed by atoms with Crippen LogP contribution in [0.1, 0.15) is 24.6 Å². The molecule has 1 N–H and O–H groups in total. The molecule has 4 aromatic rings.